The molecule has 218 valence electrons. The SMILES string of the molecule is COc1ccc(-c2ccc(N3CCCN(C(=O)CN(Cc4ccco4)C(=O)c4ccc(Cl)cc4)CC3)nn2)cc1OC. The summed E-state index contributed by atoms with van der Waals surface area (Å²) < 4.78 is 16.2. The largest absolute Gasteiger partial charge is 0.493 e. The molecule has 2 amide bonds. The van der Waals surface area contributed by atoms with E-state index >= 15 is 0 Å². The molecule has 0 spiro atoms. The van der Waals surface area contributed by atoms with E-state index in [0.717, 1.165) is 24.3 Å². The number of carbonyl (C=O) groups is 2. The number of carbonyl (C=O) groups excluding carboxylic acids is 2. The monoisotopic (exact) mass is 589 g/mol. The Morgan fingerprint density at radius 2 is 1.74 bits per heavy atom. The summed E-state index contributed by atoms with van der Waals surface area (Å²) in [4.78, 5) is 32.2. The second-order valence-corrected chi connectivity index (χ2v) is 10.3. The molecule has 1 aliphatic heterocycles. The molecule has 0 N–H and O–H groups in total. The third-order valence-electron chi connectivity index (χ3n) is 7.13. The molecule has 5 rings (SSSR count). The lowest BCUT2D eigenvalue weighted by molar-refractivity contribution is -0.131. The number of hydrogen-bond acceptors (Lipinski definition) is 8. The van der Waals surface area contributed by atoms with E-state index in [-0.39, 0.29) is 24.9 Å². The third-order valence-corrected chi connectivity index (χ3v) is 7.39. The Bertz CT molecular complexity index is 1500. The van der Waals surface area contributed by atoms with Gasteiger partial charge in [0.2, 0.25) is 5.91 Å². The van der Waals surface area contributed by atoms with E-state index in [1.807, 2.05) is 30.3 Å². The van der Waals surface area contributed by atoms with Gasteiger partial charge in [-0.15, -0.1) is 10.2 Å². The predicted octanol–water partition coefficient (Wildman–Crippen LogP) is 4.79. The van der Waals surface area contributed by atoms with Crippen LogP contribution in [0.1, 0.15) is 22.5 Å². The van der Waals surface area contributed by atoms with Crippen molar-refractivity contribution in [1.29, 1.82) is 0 Å². The van der Waals surface area contributed by atoms with Crippen LogP contribution in [-0.2, 0) is 11.3 Å². The number of nitrogens with zero attached hydrogens (tertiary/aromatic N) is 5. The lowest BCUT2D eigenvalue weighted by Gasteiger charge is -2.27. The first-order valence-corrected chi connectivity index (χ1v) is 14.0. The van der Waals surface area contributed by atoms with E-state index in [4.69, 9.17) is 25.5 Å². The Kier molecular flexibility index (Phi) is 9.23. The number of anilines is 1. The van der Waals surface area contributed by atoms with Crippen molar-refractivity contribution in [1.82, 2.24) is 20.0 Å². The van der Waals surface area contributed by atoms with Crippen LogP contribution >= 0.6 is 11.6 Å². The highest BCUT2D eigenvalue weighted by atomic mass is 35.5. The summed E-state index contributed by atoms with van der Waals surface area (Å²) in [7, 11) is 3.19. The van der Waals surface area contributed by atoms with Crippen LogP contribution in [-0.4, -0.2) is 78.8 Å². The van der Waals surface area contributed by atoms with Crippen LogP contribution in [0.3, 0.4) is 0 Å². The second kappa shape index (κ2) is 13.4. The van der Waals surface area contributed by atoms with Gasteiger partial charge in [0.25, 0.3) is 5.91 Å². The highest BCUT2D eigenvalue weighted by Crippen LogP contribution is 2.31. The van der Waals surface area contributed by atoms with Crippen LogP contribution in [0.5, 0.6) is 11.5 Å². The molecule has 0 aliphatic carbocycles. The van der Waals surface area contributed by atoms with Crippen molar-refractivity contribution >= 4 is 29.2 Å². The van der Waals surface area contributed by atoms with E-state index < -0.39 is 0 Å². The molecule has 1 saturated heterocycles. The number of aromatic nitrogens is 2. The quantitative estimate of drug-likeness (QED) is 0.275. The number of halogens is 1. The summed E-state index contributed by atoms with van der Waals surface area (Å²) in [6.45, 7) is 2.52. The summed E-state index contributed by atoms with van der Waals surface area (Å²) in [6, 6.07) is 19.7. The number of benzene rings is 2. The van der Waals surface area contributed by atoms with Crippen LogP contribution in [0, 0.1) is 0 Å². The van der Waals surface area contributed by atoms with Gasteiger partial charge >= 0.3 is 0 Å². The maximum absolute atomic E-state index is 13.4. The van der Waals surface area contributed by atoms with Crippen molar-refractivity contribution in [3.8, 4) is 22.8 Å². The third kappa shape index (κ3) is 6.83. The van der Waals surface area contributed by atoms with Crippen molar-refractivity contribution < 1.29 is 23.5 Å². The molecule has 42 heavy (non-hydrogen) atoms. The van der Waals surface area contributed by atoms with Gasteiger partial charge < -0.3 is 28.6 Å². The molecule has 0 atom stereocenters. The lowest BCUT2D eigenvalue weighted by Crippen LogP contribution is -2.44. The fourth-order valence-corrected chi connectivity index (χ4v) is 4.99. The van der Waals surface area contributed by atoms with Crippen molar-refractivity contribution in [2.75, 3.05) is 51.8 Å². The maximum Gasteiger partial charge on any atom is 0.254 e. The summed E-state index contributed by atoms with van der Waals surface area (Å²) >= 11 is 6.00. The van der Waals surface area contributed by atoms with Crippen LogP contribution < -0.4 is 14.4 Å². The van der Waals surface area contributed by atoms with Gasteiger partial charge in [-0.25, -0.2) is 0 Å². The number of amides is 2. The molecular formula is C31H32ClN5O5. The first-order valence-electron chi connectivity index (χ1n) is 13.6. The molecule has 11 heteroatoms. The van der Waals surface area contributed by atoms with Gasteiger partial charge in [-0.2, -0.15) is 0 Å². The zero-order valence-electron chi connectivity index (χ0n) is 23.5. The fraction of sp³-hybridized carbons (Fsp3) is 0.290. The van der Waals surface area contributed by atoms with E-state index in [1.165, 1.54) is 4.90 Å². The topological polar surface area (TPSA) is 101 Å². The molecule has 1 fully saturated rings. The highest BCUT2D eigenvalue weighted by Gasteiger charge is 2.25. The number of ether oxygens (including phenoxy) is 2. The van der Waals surface area contributed by atoms with Gasteiger partial charge in [0.15, 0.2) is 17.3 Å². The van der Waals surface area contributed by atoms with E-state index in [1.54, 1.807) is 61.8 Å². The first kappa shape index (κ1) is 28.9. The van der Waals surface area contributed by atoms with E-state index in [0.29, 0.717) is 53.2 Å². The lowest BCUT2D eigenvalue weighted by atomic mass is 10.1. The second-order valence-electron chi connectivity index (χ2n) is 9.82. The van der Waals surface area contributed by atoms with Crippen molar-refractivity contribution in [2.45, 2.75) is 13.0 Å². The molecule has 0 saturated carbocycles. The Morgan fingerprint density at radius 1 is 0.929 bits per heavy atom. The number of furan rings is 1. The average molecular weight is 590 g/mol. The Balaban J connectivity index is 1.23. The smallest absolute Gasteiger partial charge is 0.254 e. The minimum absolute atomic E-state index is 0.0675. The van der Waals surface area contributed by atoms with Crippen LogP contribution in [0.15, 0.2) is 77.4 Å². The Hall–Kier alpha value is -4.57. The standard InChI is InChI=1S/C31H32ClN5O5/c1-40-27-12-8-23(19-28(27)41-2)26-11-13-29(34-33-26)35-14-4-15-36(17-16-35)30(38)21-37(20-25-5-3-18-42-25)31(39)22-6-9-24(32)10-7-22/h3,5-13,18-19H,4,14-17,20-21H2,1-2H3. The summed E-state index contributed by atoms with van der Waals surface area (Å²) in [5.41, 5.74) is 2.04. The van der Waals surface area contributed by atoms with Gasteiger partial charge in [0.05, 0.1) is 32.7 Å². The number of rotatable bonds is 9. The molecule has 1 aliphatic rings. The van der Waals surface area contributed by atoms with Crippen LogP contribution in [0.2, 0.25) is 5.02 Å². The number of methoxy groups -OCH3 is 2. The van der Waals surface area contributed by atoms with Crippen molar-refractivity contribution in [2.24, 2.45) is 0 Å². The first-order chi connectivity index (χ1) is 20.4. The maximum atomic E-state index is 13.4. The van der Waals surface area contributed by atoms with E-state index in [9.17, 15) is 9.59 Å². The van der Waals surface area contributed by atoms with Gasteiger partial charge in [0, 0.05) is 42.3 Å². The predicted molar refractivity (Wildman–Crippen MR) is 159 cm³/mol. The molecule has 0 radical (unpaired) electrons. The summed E-state index contributed by atoms with van der Waals surface area (Å²) in [5, 5.41) is 9.44. The van der Waals surface area contributed by atoms with Crippen molar-refractivity contribution in [3.05, 3.63) is 89.3 Å². The minimum atomic E-state index is -0.266. The molecule has 2 aromatic heterocycles. The van der Waals surface area contributed by atoms with Gasteiger partial charge in [-0.3, -0.25) is 9.59 Å². The Labute approximate surface area is 249 Å². The molecular weight excluding hydrogens is 558 g/mol. The molecule has 0 bridgehead atoms. The molecule has 2 aromatic carbocycles. The van der Waals surface area contributed by atoms with Crippen LogP contribution in [0.25, 0.3) is 11.3 Å². The summed E-state index contributed by atoms with van der Waals surface area (Å²) in [6.07, 6.45) is 2.31. The Morgan fingerprint density at radius 3 is 2.43 bits per heavy atom. The van der Waals surface area contributed by atoms with E-state index in [2.05, 4.69) is 15.1 Å². The highest BCUT2D eigenvalue weighted by molar-refractivity contribution is 6.30. The van der Waals surface area contributed by atoms with Gasteiger partial charge in [0.1, 0.15) is 12.3 Å². The fourth-order valence-electron chi connectivity index (χ4n) is 4.87. The van der Waals surface area contributed by atoms with Crippen molar-refractivity contribution in [3.63, 3.8) is 0 Å². The number of hydrogen-bond donors (Lipinski definition) is 0. The summed E-state index contributed by atoms with van der Waals surface area (Å²) in [5.74, 6) is 2.22. The van der Waals surface area contributed by atoms with Gasteiger partial charge in [-0.05, 0) is 73.2 Å². The molecule has 10 nitrogen and oxygen atoms in total. The minimum Gasteiger partial charge on any atom is -0.493 e. The zero-order valence-corrected chi connectivity index (χ0v) is 24.3. The normalized spacial score (nSPS) is 13.4. The average Bonchev–Trinajstić information content (AvgIpc) is 3.41. The zero-order chi connectivity index (χ0) is 29.5. The van der Waals surface area contributed by atoms with Gasteiger partial charge in [-0.1, -0.05) is 11.6 Å². The van der Waals surface area contributed by atoms with Crippen LogP contribution in [0.4, 0.5) is 5.82 Å². The molecule has 0 unspecified atom stereocenters. The molecule has 4 aromatic rings. The molecule has 3 heterocycles.